The SMILES string of the molecule is CC1c2ccc(Cl)n2CCN1CCC(=O)Nc1sc2c(c1C#N)CCCC2. The Kier molecular flexibility index (Phi) is 5.27. The number of halogens is 1. The first-order valence-electron chi connectivity index (χ1n) is 9.52. The van der Waals surface area contributed by atoms with Crippen molar-refractivity contribution in [1.82, 2.24) is 9.47 Å². The third kappa shape index (κ3) is 3.52. The van der Waals surface area contributed by atoms with Crippen LogP contribution in [-0.4, -0.2) is 28.5 Å². The van der Waals surface area contributed by atoms with E-state index in [0.29, 0.717) is 18.5 Å². The largest absolute Gasteiger partial charge is 0.333 e. The van der Waals surface area contributed by atoms with Crippen LogP contribution in [0.25, 0.3) is 0 Å². The van der Waals surface area contributed by atoms with Gasteiger partial charge in [-0.2, -0.15) is 5.26 Å². The van der Waals surface area contributed by atoms with Gasteiger partial charge >= 0.3 is 0 Å². The minimum absolute atomic E-state index is 0.0173. The Bertz CT molecular complexity index is 910. The summed E-state index contributed by atoms with van der Waals surface area (Å²) in [6.45, 7) is 4.58. The molecule has 2 aromatic heterocycles. The highest BCUT2D eigenvalue weighted by Gasteiger charge is 2.26. The van der Waals surface area contributed by atoms with E-state index < -0.39 is 0 Å². The highest BCUT2D eigenvalue weighted by Crippen LogP contribution is 2.37. The van der Waals surface area contributed by atoms with Crippen molar-refractivity contribution in [2.75, 3.05) is 18.4 Å². The summed E-state index contributed by atoms with van der Waals surface area (Å²) in [5, 5.41) is 14.0. The average Bonchev–Trinajstić information content (AvgIpc) is 3.21. The highest BCUT2D eigenvalue weighted by molar-refractivity contribution is 7.16. The van der Waals surface area contributed by atoms with Gasteiger partial charge in [0.05, 0.1) is 5.56 Å². The van der Waals surface area contributed by atoms with Crippen LogP contribution >= 0.6 is 22.9 Å². The lowest BCUT2D eigenvalue weighted by Gasteiger charge is -2.35. The van der Waals surface area contributed by atoms with Gasteiger partial charge in [-0.15, -0.1) is 11.3 Å². The lowest BCUT2D eigenvalue weighted by molar-refractivity contribution is -0.116. The summed E-state index contributed by atoms with van der Waals surface area (Å²) in [7, 11) is 0. The number of hydrogen-bond donors (Lipinski definition) is 1. The van der Waals surface area contributed by atoms with E-state index in [4.69, 9.17) is 11.6 Å². The maximum absolute atomic E-state index is 12.5. The van der Waals surface area contributed by atoms with E-state index in [9.17, 15) is 10.1 Å². The number of nitrogens with zero attached hydrogens (tertiary/aromatic N) is 3. The second kappa shape index (κ2) is 7.67. The van der Waals surface area contributed by atoms with Gasteiger partial charge in [0, 0.05) is 42.7 Å². The van der Waals surface area contributed by atoms with Crippen LogP contribution in [0.2, 0.25) is 5.15 Å². The molecule has 5 nitrogen and oxygen atoms in total. The van der Waals surface area contributed by atoms with Crippen molar-refractivity contribution in [2.45, 2.75) is 51.6 Å². The van der Waals surface area contributed by atoms with Gasteiger partial charge in [0.15, 0.2) is 0 Å². The van der Waals surface area contributed by atoms with Crippen LogP contribution in [-0.2, 0) is 24.2 Å². The molecule has 1 aliphatic heterocycles. The van der Waals surface area contributed by atoms with Gasteiger partial charge in [-0.25, -0.2) is 0 Å². The predicted octanol–water partition coefficient (Wildman–Crippen LogP) is 4.36. The van der Waals surface area contributed by atoms with E-state index in [0.717, 1.165) is 48.1 Å². The molecule has 0 saturated heterocycles. The van der Waals surface area contributed by atoms with Gasteiger partial charge in [0.2, 0.25) is 5.91 Å². The molecule has 0 fully saturated rings. The van der Waals surface area contributed by atoms with Crippen molar-refractivity contribution in [3.63, 3.8) is 0 Å². The van der Waals surface area contributed by atoms with E-state index in [1.807, 2.05) is 6.07 Å². The number of thiophene rings is 1. The first-order valence-corrected chi connectivity index (χ1v) is 10.7. The minimum atomic E-state index is -0.0173. The number of nitrogens with one attached hydrogen (secondary N) is 1. The summed E-state index contributed by atoms with van der Waals surface area (Å²) in [6, 6.07) is 6.54. The second-order valence-corrected chi connectivity index (χ2v) is 8.76. The van der Waals surface area contributed by atoms with E-state index in [1.54, 1.807) is 11.3 Å². The molecule has 142 valence electrons. The number of rotatable bonds is 4. The first kappa shape index (κ1) is 18.5. The van der Waals surface area contributed by atoms with Gasteiger partial charge in [-0.05, 0) is 50.3 Å². The van der Waals surface area contributed by atoms with Crippen LogP contribution in [0.5, 0.6) is 0 Å². The van der Waals surface area contributed by atoms with Crippen LogP contribution in [0.15, 0.2) is 12.1 Å². The number of carbonyl (C=O) groups is 1. The molecular weight excluding hydrogens is 380 g/mol. The predicted molar refractivity (Wildman–Crippen MR) is 108 cm³/mol. The summed E-state index contributed by atoms with van der Waals surface area (Å²) >= 11 is 7.80. The van der Waals surface area contributed by atoms with E-state index >= 15 is 0 Å². The van der Waals surface area contributed by atoms with Gasteiger partial charge in [-0.3, -0.25) is 9.69 Å². The molecule has 1 amide bonds. The van der Waals surface area contributed by atoms with Crippen LogP contribution in [0, 0.1) is 11.3 Å². The molecular formula is C20H23ClN4OS. The normalized spacial score (nSPS) is 19.2. The summed E-state index contributed by atoms with van der Waals surface area (Å²) in [5.41, 5.74) is 3.04. The molecule has 0 aromatic carbocycles. The smallest absolute Gasteiger partial charge is 0.226 e. The second-order valence-electron chi connectivity index (χ2n) is 7.27. The Hall–Kier alpha value is -1.81. The van der Waals surface area contributed by atoms with E-state index in [1.165, 1.54) is 17.0 Å². The number of fused-ring (bicyclic) bond motifs is 2. The fourth-order valence-corrected chi connectivity index (χ4v) is 5.68. The Morgan fingerprint density at radius 1 is 1.37 bits per heavy atom. The number of aryl methyl sites for hydroxylation is 1. The van der Waals surface area contributed by atoms with Gasteiger partial charge in [0.25, 0.3) is 0 Å². The first-order chi connectivity index (χ1) is 13.1. The molecule has 7 heteroatoms. The van der Waals surface area contributed by atoms with Crippen molar-refractivity contribution in [3.8, 4) is 6.07 Å². The molecule has 1 atom stereocenters. The van der Waals surface area contributed by atoms with Gasteiger partial charge < -0.3 is 9.88 Å². The molecule has 27 heavy (non-hydrogen) atoms. The maximum Gasteiger partial charge on any atom is 0.226 e. The standard InChI is InChI=1S/C20H23ClN4OS/c1-13-16-6-7-18(21)25(16)11-10-24(13)9-8-19(26)23-20-15(12-22)14-4-2-3-5-17(14)27-20/h6-7,13H,2-5,8-11H2,1H3,(H,23,26). The number of aromatic nitrogens is 1. The van der Waals surface area contributed by atoms with Crippen molar-refractivity contribution >= 4 is 33.8 Å². The summed E-state index contributed by atoms with van der Waals surface area (Å²) < 4.78 is 2.14. The van der Waals surface area contributed by atoms with Crippen LogP contribution in [0.4, 0.5) is 5.00 Å². The van der Waals surface area contributed by atoms with Gasteiger partial charge in [-0.1, -0.05) is 11.6 Å². The summed E-state index contributed by atoms with van der Waals surface area (Å²) in [4.78, 5) is 16.1. The molecule has 0 radical (unpaired) electrons. The Labute approximate surface area is 168 Å². The zero-order valence-electron chi connectivity index (χ0n) is 15.4. The fraction of sp³-hybridized carbons (Fsp3) is 0.500. The quantitative estimate of drug-likeness (QED) is 0.826. The molecule has 4 rings (SSSR count). The van der Waals surface area contributed by atoms with Crippen molar-refractivity contribution in [1.29, 1.82) is 5.26 Å². The number of nitriles is 1. The minimum Gasteiger partial charge on any atom is -0.333 e. The molecule has 2 aromatic rings. The van der Waals surface area contributed by atoms with Crippen molar-refractivity contribution < 1.29 is 4.79 Å². The monoisotopic (exact) mass is 402 g/mol. The van der Waals surface area contributed by atoms with E-state index in [-0.39, 0.29) is 11.9 Å². The van der Waals surface area contributed by atoms with Crippen LogP contribution in [0.1, 0.15) is 53.9 Å². The molecule has 2 aliphatic rings. The number of carbonyl (C=O) groups excluding carboxylic acids is 1. The Morgan fingerprint density at radius 3 is 3.00 bits per heavy atom. The summed E-state index contributed by atoms with van der Waals surface area (Å²) in [5.74, 6) is -0.0173. The molecule has 0 saturated carbocycles. The zero-order valence-corrected chi connectivity index (χ0v) is 17.0. The molecule has 1 N–H and O–H groups in total. The van der Waals surface area contributed by atoms with Crippen molar-refractivity contribution in [3.05, 3.63) is 39.0 Å². The lowest BCUT2D eigenvalue weighted by Crippen LogP contribution is -2.38. The lowest BCUT2D eigenvalue weighted by atomic mass is 9.96. The third-order valence-corrected chi connectivity index (χ3v) is 7.25. The molecule has 0 spiro atoms. The topological polar surface area (TPSA) is 61.1 Å². The summed E-state index contributed by atoms with van der Waals surface area (Å²) in [6.07, 6.45) is 4.71. The molecule has 1 aliphatic carbocycles. The Morgan fingerprint density at radius 2 is 2.19 bits per heavy atom. The molecule has 0 bridgehead atoms. The maximum atomic E-state index is 12.5. The Balaban J connectivity index is 1.38. The molecule has 1 unspecified atom stereocenters. The molecule has 3 heterocycles. The number of hydrogen-bond acceptors (Lipinski definition) is 4. The third-order valence-electron chi connectivity index (χ3n) is 5.71. The number of amides is 1. The van der Waals surface area contributed by atoms with Crippen LogP contribution < -0.4 is 5.32 Å². The number of anilines is 1. The highest BCUT2D eigenvalue weighted by atomic mass is 35.5. The van der Waals surface area contributed by atoms with Gasteiger partial charge in [0.1, 0.15) is 16.2 Å². The van der Waals surface area contributed by atoms with E-state index in [2.05, 4.69) is 33.8 Å². The zero-order chi connectivity index (χ0) is 19.0. The fourth-order valence-electron chi connectivity index (χ4n) is 4.18. The van der Waals surface area contributed by atoms with Crippen LogP contribution in [0.3, 0.4) is 0 Å². The average molecular weight is 403 g/mol. The van der Waals surface area contributed by atoms with Crippen molar-refractivity contribution in [2.24, 2.45) is 0 Å².